The quantitative estimate of drug-likeness (QED) is 0.545. The summed E-state index contributed by atoms with van der Waals surface area (Å²) in [4.78, 5) is 28.7. The minimum absolute atomic E-state index is 0.0622. The molecule has 0 unspecified atom stereocenters. The second-order valence-corrected chi connectivity index (χ2v) is 3.58. The minimum Gasteiger partial charge on any atom is -0.311 e. The first-order valence-corrected chi connectivity index (χ1v) is 4.74. The first kappa shape index (κ1) is 10.5. The van der Waals surface area contributed by atoms with Crippen molar-refractivity contribution >= 4 is 11.9 Å². The number of hydrogen-bond donors (Lipinski definition) is 0. The Balaban J connectivity index is 2.09. The second kappa shape index (κ2) is 3.88. The molecule has 2 heterocycles. The Morgan fingerprint density at radius 1 is 1.44 bits per heavy atom. The topological polar surface area (TPSA) is 53.5 Å². The van der Waals surface area contributed by atoms with Crippen molar-refractivity contribution in [3.8, 4) is 0 Å². The molecule has 0 saturated carbocycles. The number of imide groups is 1. The van der Waals surface area contributed by atoms with Gasteiger partial charge in [-0.2, -0.15) is 4.39 Å². The number of nitrogens with zero attached hydrogens (tertiary/aromatic N) is 3. The first-order chi connectivity index (χ1) is 7.58. The standard InChI is InChI=1S/C10H10FN3O2/c1-13-9(15)6-14(10(13)16)5-7-2-3-8(11)12-4-7/h2-4H,5-6H2,1H3. The van der Waals surface area contributed by atoms with Gasteiger partial charge in [-0.1, -0.05) is 6.07 Å². The molecule has 1 aromatic heterocycles. The molecule has 1 saturated heterocycles. The van der Waals surface area contributed by atoms with Crippen molar-refractivity contribution in [3.05, 3.63) is 29.8 Å². The first-order valence-electron chi connectivity index (χ1n) is 4.74. The largest absolute Gasteiger partial charge is 0.327 e. The van der Waals surface area contributed by atoms with Crippen LogP contribution in [0.3, 0.4) is 0 Å². The van der Waals surface area contributed by atoms with Crippen molar-refractivity contribution in [1.29, 1.82) is 0 Å². The molecule has 1 fully saturated rings. The van der Waals surface area contributed by atoms with Gasteiger partial charge in [0.25, 0.3) is 0 Å². The van der Waals surface area contributed by atoms with E-state index in [4.69, 9.17) is 0 Å². The fourth-order valence-corrected chi connectivity index (χ4v) is 1.50. The summed E-state index contributed by atoms with van der Waals surface area (Å²) in [5.41, 5.74) is 0.692. The molecule has 0 N–H and O–H groups in total. The van der Waals surface area contributed by atoms with E-state index in [9.17, 15) is 14.0 Å². The van der Waals surface area contributed by atoms with Gasteiger partial charge in [0.15, 0.2) is 0 Å². The molecule has 0 radical (unpaired) electrons. The third-order valence-electron chi connectivity index (χ3n) is 2.42. The van der Waals surface area contributed by atoms with Gasteiger partial charge in [-0.15, -0.1) is 0 Å². The van der Waals surface area contributed by atoms with Crippen LogP contribution in [0.15, 0.2) is 18.3 Å². The Labute approximate surface area is 91.5 Å². The zero-order valence-corrected chi connectivity index (χ0v) is 8.68. The van der Waals surface area contributed by atoms with Crippen molar-refractivity contribution in [1.82, 2.24) is 14.8 Å². The van der Waals surface area contributed by atoms with E-state index in [1.165, 1.54) is 24.2 Å². The van der Waals surface area contributed by atoms with Gasteiger partial charge in [-0.3, -0.25) is 9.69 Å². The number of carbonyl (C=O) groups is 2. The van der Waals surface area contributed by atoms with Gasteiger partial charge < -0.3 is 4.90 Å². The van der Waals surface area contributed by atoms with Crippen LogP contribution in [-0.2, 0) is 11.3 Å². The van der Waals surface area contributed by atoms with E-state index >= 15 is 0 Å². The van der Waals surface area contributed by atoms with Gasteiger partial charge in [0, 0.05) is 19.8 Å². The molecule has 0 aromatic carbocycles. The number of hydrogen-bond acceptors (Lipinski definition) is 3. The van der Waals surface area contributed by atoms with Crippen LogP contribution in [-0.4, -0.2) is 40.3 Å². The zero-order chi connectivity index (χ0) is 11.7. The van der Waals surface area contributed by atoms with Crippen LogP contribution in [0.5, 0.6) is 0 Å². The molecule has 1 aliphatic heterocycles. The fourth-order valence-electron chi connectivity index (χ4n) is 1.50. The van der Waals surface area contributed by atoms with Crippen LogP contribution in [0.1, 0.15) is 5.56 Å². The third-order valence-corrected chi connectivity index (χ3v) is 2.42. The van der Waals surface area contributed by atoms with E-state index < -0.39 is 5.95 Å². The van der Waals surface area contributed by atoms with Crippen molar-refractivity contribution < 1.29 is 14.0 Å². The molecule has 0 bridgehead atoms. The fraction of sp³-hybridized carbons (Fsp3) is 0.300. The monoisotopic (exact) mass is 223 g/mol. The molecule has 0 aliphatic carbocycles. The van der Waals surface area contributed by atoms with Crippen molar-refractivity contribution in [2.75, 3.05) is 13.6 Å². The lowest BCUT2D eigenvalue weighted by atomic mass is 10.3. The molecule has 3 amide bonds. The van der Waals surface area contributed by atoms with Gasteiger partial charge in [-0.25, -0.2) is 9.78 Å². The number of urea groups is 1. The van der Waals surface area contributed by atoms with Crippen LogP contribution in [0, 0.1) is 5.95 Å². The maximum absolute atomic E-state index is 12.5. The Bertz CT molecular complexity index is 432. The maximum Gasteiger partial charge on any atom is 0.327 e. The van der Waals surface area contributed by atoms with E-state index in [1.807, 2.05) is 0 Å². The molecule has 2 rings (SSSR count). The lowest BCUT2D eigenvalue weighted by Crippen LogP contribution is -2.29. The smallest absolute Gasteiger partial charge is 0.311 e. The number of pyridine rings is 1. The number of likely N-dealkylation sites (N-methyl/N-ethyl adjacent to an activating group) is 1. The van der Waals surface area contributed by atoms with Crippen molar-refractivity contribution in [2.24, 2.45) is 0 Å². The number of amides is 3. The van der Waals surface area contributed by atoms with E-state index in [2.05, 4.69) is 4.98 Å². The van der Waals surface area contributed by atoms with Crippen LogP contribution in [0.2, 0.25) is 0 Å². The number of carbonyl (C=O) groups excluding carboxylic acids is 2. The maximum atomic E-state index is 12.5. The van der Waals surface area contributed by atoms with Gasteiger partial charge in [0.05, 0.1) is 0 Å². The van der Waals surface area contributed by atoms with Crippen LogP contribution >= 0.6 is 0 Å². The second-order valence-electron chi connectivity index (χ2n) is 3.58. The minimum atomic E-state index is -0.565. The van der Waals surface area contributed by atoms with E-state index in [1.54, 1.807) is 6.07 Å². The third kappa shape index (κ3) is 1.86. The zero-order valence-electron chi connectivity index (χ0n) is 8.68. The molecular formula is C10H10FN3O2. The molecular weight excluding hydrogens is 213 g/mol. The molecule has 1 aliphatic rings. The number of aromatic nitrogens is 1. The summed E-state index contributed by atoms with van der Waals surface area (Å²) >= 11 is 0. The Kier molecular flexibility index (Phi) is 2.55. The summed E-state index contributed by atoms with van der Waals surface area (Å²) in [5.74, 6) is -0.801. The number of halogens is 1. The van der Waals surface area contributed by atoms with E-state index in [0.717, 1.165) is 4.90 Å². The summed E-state index contributed by atoms with van der Waals surface area (Å²) < 4.78 is 12.5. The van der Waals surface area contributed by atoms with Gasteiger partial charge in [0.1, 0.15) is 6.54 Å². The predicted molar refractivity (Wildman–Crippen MR) is 52.8 cm³/mol. The SMILES string of the molecule is CN1C(=O)CN(Cc2ccc(F)nc2)C1=O. The molecule has 6 heteroatoms. The summed E-state index contributed by atoms with van der Waals surface area (Å²) in [6.45, 7) is 0.328. The number of rotatable bonds is 2. The van der Waals surface area contributed by atoms with Crippen molar-refractivity contribution in [2.45, 2.75) is 6.54 Å². The summed E-state index contributed by atoms with van der Waals surface area (Å²) in [6.07, 6.45) is 1.35. The lowest BCUT2D eigenvalue weighted by molar-refractivity contribution is -0.124. The lowest BCUT2D eigenvalue weighted by Gasteiger charge is -2.14. The average molecular weight is 223 g/mol. The van der Waals surface area contributed by atoms with Crippen LogP contribution < -0.4 is 0 Å². The highest BCUT2D eigenvalue weighted by Crippen LogP contribution is 2.12. The Hall–Kier alpha value is -1.98. The van der Waals surface area contributed by atoms with Gasteiger partial charge in [0.2, 0.25) is 11.9 Å². The van der Waals surface area contributed by atoms with E-state index in [0.29, 0.717) is 5.56 Å². The molecule has 1 aromatic rings. The van der Waals surface area contributed by atoms with Gasteiger partial charge in [-0.05, 0) is 11.6 Å². The Morgan fingerprint density at radius 3 is 2.69 bits per heavy atom. The molecule has 16 heavy (non-hydrogen) atoms. The normalized spacial score (nSPS) is 16.1. The highest BCUT2D eigenvalue weighted by molar-refractivity contribution is 6.01. The summed E-state index contributed by atoms with van der Waals surface area (Å²) in [5, 5.41) is 0. The highest BCUT2D eigenvalue weighted by Gasteiger charge is 2.32. The van der Waals surface area contributed by atoms with Gasteiger partial charge >= 0.3 is 6.03 Å². The predicted octanol–water partition coefficient (Wildman–Crippen LogP) is 0.615. The molecule has 0 spiro atoms. The molecule has 0 atom stereocenters. The molecule has 84 valence electrons. The summed E-state index contributed by atoms with van der Waals surface area (Å²) in [6, 6.07) is 2.43. The highest BCUT2D eigenvalue weighted by atomic mass is 19.1. The van der Waals surface area contributed by atoms with Crippen LogP contribution in [0.4, 0.5) is 9.18 Å². The van der Waals surface area contributed by atoms with Crippen molar-refractivity contribution in [3.63, 3.8) is 0 Å². The Morgan fingerprint density at radius 2 is 2.19 bits per heavy atom. The molecule has 5 nitrogen and oxygen atoms in total. The summed E-state index contributed by atoms with van der Waals surface area (Å²) in [7, 11) is 1.44. The average Bonchev–Trinajstić information content (AvgIpc) is 2.50. The van der Waals surface area contributed by atoms with Crippen LogP contribution in [0.25, 0.3) is 0 Å². The van der Waals surface area contributed by atoms with E-state index in [-0.39, 0.29) is 25.0 Å².